The van der Waals surface area contributed by atoms with Crippen molar-refractivity contribution in [2.24, 2.45) is 0 Å². The number of anilines is 2. The average Bonchev–Trinajstić information content (AvgIpc) is 2.93. The van der Waals surface area contributed by atoms with Crippen LogP contribution < -0.4 is 10.2 Å². The third kappa shape index (κ3) is 4.25. The molecule has 1 saturated heterocycles. The van der Waals surface area contributed by atoms with E-state index in [0.29, 0.717) is 37.1 Å². The first-order chi connectivity index (χ1) is 13.1. The number of carbonyl (C=O) groups excluding carboxylic acids is 1. The highest BCUT2D eigenvalue weighted by Gasteiger charge is 2.26. The van der Waals surface area contributed by atoms with E-state index in [4.69, 9.17) is 9.72 Å². The molecule has 2 aliphatic rings. The fourth-order valence-electron chi connectivity index (χ4n) is 3.87. The summed E-state index contributed by atoms with van der Waals surface area (Å²) in [5.74, 6) is 1.19. The normalized spacial score (nSPS) is 18.8. The summed E-state index contributed by atoms with van der Waals surface area (Å²) >= 11 is 0. The van der Waals surface area contributed by atoms with Gasteiger partial charge < -0.3 is 15.0 Å². The summed E-state index contributed by atoms with van der Waals surface area (Å²) in [5, 5.41) is 2.90. The van der Waals surface area contributed by atoms with Gasteiger partial charge in [-0.25, -0.2) is 9.97 Å². The highest BCUT2D eigenvalue weighted by Crippen LogP contribution is 2.28. The molecule has 2 aliphatic heterocycles. The third-order valence-corrected chi connectivity index (χ3v) is 5.26. The molecule has 8 heteroatoms. The van der Waals surface area contributed by atoms with Crippen molar-refractivity contribution in [3.05, 3.63) is 41.0 Å². The minimum atomic E-state index is -0.163. The molecule has 1 N–H and O–H groups in total. The summed E-state index contributed by atoms with van der Waals surface area (Å²) in [5.41, 5.74) is 3.40. The zero-order chi connectivity index (χ0) is 18.8. The number of ether oxygens (including phenoxy) is 1. The maximum Gasteiger partial charge on any atom is 0.257 e. The van der Waals surface area contributed by atoms with Crippen molar-refractivity contribution in [1.82, 2.24) is 15.0 Å². The fourth-order valence-corrected chi connectivity index (χ4v) is 3.87. The molecule has 0 aliphatic carbocycles. The van der Waals surface area contributed by atoms with E-state index in [1.54, 1.807) is 12.4 Å². The van der Waals surface area contributed by atoms with Crippen LogP contribution in [0.3, 0.4) is 0 Å². The van der Waals surface area contributed by atoms with Crippen LogP contribution in [0.15, 0.2) is 18.5 Å². The maximum absolute atomic E-state index is 13.1. The van der Waals surface area contributed by atoms with Gasteiger partial charge in [-0.05, 0) is 44.7 Å². The summed E-state index contributed by atoms with van der Waals surface area (Å²) in [6.07, 6.45) is 6.97. The van der Waals surface area contributed by atoms with Gasteiger partial charge >= 0.3 is 0 Å². The highest BCUT2D eigenvalue weighted by atomic mass is 35.5. The molecule has 1 atom stereocenters. The monoisotopic (exact) mass is 403 g/mol. The lowest BCUT2D eigenvalue weighted by Crippen LogP contribution is -2.28. The summed E-state index contributed by atoms with van der Waals surface area (Å²) in [6, 6.07) is 2.38. The van der Waals surface area contributed by atoms with Crippen LogP contribution in [0.4, 0.5) is 11.6 Å². The van der Waals surface area contributed by atoms with E-state index in [1.165, 1.54) is 0 Å². The zero-order valence-electron chi connectivity index (χ0n) is 16.3. The van der Waals surface area contributed by atoms with E-state index in [-0.39, 0.29) is 18.3 Å². The van der Waals surface area contributed by atoms with Crippen LogP contribution in [-0.4, -0.2) is 46.7 Å². The number of aryl methyl sites for hydroxylation is 1. The molecular formula is C20H26ClN5O2. The number of hydrogen-bond acceptors (Lipinski definition) is 6. The number of pyridine rings is 1. The molecule has 2 aromatic heterocycles. The van der Waals surface area contributed by atoms with Crippen LogP contribution in [0.2, 0.25) is 0 Å². The van der Waals surface area contributed by atoms with Crippen LogP contribution in [0.5, 0.6) is 0 Å². The number of rotatable bonds is 3. The molecule has 1 fully saturated rings. The Morgan fingerprint density at radius 2 is 2.07 bits per heavy atom. The highest BCUT2D eigenvalue weighted by molar-refractivity contribution is 6.05. The maximum atomic E-state index is 13.1. The average molecular weight is 404 g/mol. The van der Waals surface area contributed by atoms with Crippen molar-refractivity contribution in [2.75, 3.05) is 30.0 Å². The van der Waals surface area contributed by atoms with Crippen molar-refractivity contribution in [2.45, 2.75) is 45.6 Å². The number of halogens is 1. The van der Waals surface area contributed by atoms with Crippen LogP contribution >= 0.6 is 12.4 Å². The van der Waals surface area contributed by atoms with Crippen LogP contribution in [-0.2, 0) is 17.6 Å². The van der Waals surface area contributed by atoms with Crippen LogP contribution in [0, 0.1) is 6.92 Å². The van der Waals surface area contributed by atoms with Crippen molar-refractivity contribution >= 4 is 29.9 Å². The molecule has 0 spiro atoms. The Morgan fingerprint density at radius 1 is 1.25 bits per heavy atom. The summed E-state index contributed by atoms with van der Waals surface area (Å²) < 4.78 is 5.62. The third-order valence-electron chi connectivity index (χ3n) is 5.26. The molecule has 28 heavy (non-hydrogen) atoms. The zero-order valence-corrected chi connectivity index (χ0v) is 17.1. The Labute approximate surface area is 171 Å². The second kappa shape index (κ2) is 8.84. The van der Waals surface area contributed by atoms with Gasteiger partial charge in [-0.2, -0.15) is 0 Å². The van der Waals surface area contributed by atoms with Gasteiger partial charge in [-0.3, -0.25) is 9.78 Å². The van der Waals surface area contributed by atoms with Crippen molar-refractivity contribution in [3.63, 3.8) is 0 Å². The van der Waals surface area contributed by atoms with E-state index >= 15 is 0 Å². The number of carbonyl (C=O) groups is 1. The van der Waals surface area contributed by atoms with Gasteiger partial charge in [0.1, 0.15) is 5.82 Å². The Kier molecular flexibility index (Phi) is 6.46. The van der Waals surface area contributed by atoms with Crippen molar-refractivity contribution < 1.29 is 9.53 Å². The molecule has 7 nitrogen and oxygen atoms in total. The number of hydrogen-bond donors (Lipinski definition) is 1. The lowest BCUT2D eigenvalue weighted by molar-refractivity contribution is 0.102. The van der Waals surface area contributed by atoms with Crippen molar-refractivity contribution in [1.29, 1.82) is 0 Å². The Bertz CT molecular complexity index is 860. The van der Waals surface area contributed by atoms with E-state index in [2.05, 4.69) is 27.1 Å². The molecule has 4 rings (SSSR count). The second-order valence-corrected chi connectivity index (χ2v) is 7.25. The SMILES string of the molecule is Cc1cncc(NC(=O)c2cc(N3CCC[C@@H]3C)nc3c2CCOCC3)n1.Cl. The number of fused-ring (bicyclic) bond motifs is 1. The van der Waals surface area contributed by atoms with Crippen LogP contribution in [0.1, 0.15) is 47.1 Å². The number of amides is 1. The molecule has 4 heterocycles. The molecule has 1 amide bonds. The van der Waals surface area contributed by atoms with Gasteiger partial charge in [0.25, 0.3) is 5.91 Å². The van der Waals surface area contributed by atoms with Crippen molar-refractivity contribution in [3.8, 4) is 0 Å². The molecule has 0 aromatic carbocycles. The number of nitrogens with zero attached hydrogens (tertiary/aromatic N) is 4. The summed E-state index contributed by atoms with van der Waals surface area (Å²) in [7, 11) is 0. The molecule has 2 aromatic rings. The first-order valence-electron chi connectivity index (χ1n) is 9.59. The molecular weight excluding hydrogens is 378 g/mol. The van der Waals surface area contributed by atoms with E-state index in [1.807, 2.05) is 13.0 Å². The fraction of sp³-hybridized carbons (Fsp3) is 0.500. The number of aromatic nitrogens is 3. The quantitative estimate of drug-likeness (QED) is 0.848. The standard InChI is InChI=1S/C20H25N5O2.ClH/c1-13-11-21-12-18(22-13)24-20(26)16-10-19(25-7-3-4-14(25)2)23-17-6-9-27-8-5-15(16)17;/h10-12,14H,3-9H2,1-2H3,(H,22,24,26);1H/t14-;/m0./s1. The summed E-state index contributed by atoms with van der Waals surface area (Å²) in [4.78, 5) is 28.7. The van der Waals surface area contributed by atoms with Gasteiger partial charge in [-0.1, -0.05) is 0 Å². The Morgan fingerprint density at radius 3 is 2.82 bits per heavy atom. The Balaban J connectivity index is 0.00000225. The lowest BCUT2D eigenvalue weighted by atomic mass is 10.0. The predicted molar refractivity (Wildman–Crippen MR) is 110 cm³/mol. The molecule has 0 unspecified atom stereocenters. The summed E-state index contributed by atoms with van der Waals surface area (Å²) in [6.45, 7) is 6.30. The lowest BCUT2D eigenvalue weighted by Gasteiger charge is -2.25. The Hall–Kier alpha value is -2.25. The molecule has 0 saturated carbocycles. The van der Waals surface area contributed by atoms with Gasteiger partial charge in [-0.15, -0.1) is 12.4 Å². The molecule has 0 radical (unpaired) electrons. The molecule has 0 bridgehead atoms. The predicted octanol–water partition coefficient (Wildman–Crippen LogP) is 2.96. The van der Waals surface area contributed by atoms with Gasteiger partial charge in [0.05, 0.1) is 25.1 Å². The minimum Gasteiger partial charge on any atom is -0.381 e. The van der Waals surface area contributed by atoms with E-state index in [9.17, 15) is 4.79 Å². The first-order valence-corrected chi connectivity index (χ1v) is 9.59. The van der Waals surface area contributed by atoms with E-state index in [0.717, 1.165) is 48.6 Å². The topological polar surface area (TPSA) is 80.2 Å². The van der Waals surface area contributed by atoms with Crippen LogP contribution in [0.25, 0.3) is 0 Å². The second-order valence-electron chi connectivity index (χ2n) is 7.25. The van der Waals surface area contributed by atoms with Gasteiger partial charge in [0, 0.05) is 36.5 Å². The largest absolute Gasteiger partial charge is 0.381 e. The van der Waals surface area contributed by atoms with Gasteiger partial charge in [0.2, 0.25) is 0 Å². The van der Waals surface area contributed by atoms with E-state index < -0.39 is 0 Å². The molecule has 150 valence electrons. The smallest absolute Gasteiger partial charge is 0.257 e. The number of nitrogens with one attached hydrogen (secondary N) is 1. The first kappa shape index (κ1) is 20.5. The van der Waals surface area contributed by atoms with Gasteiger partial charge in [0.15, 0.2) is 5.82 Å². The minimum absolute atomic E-state index is 0.